The summed E-state index contributed by atoms with van der Waals surface area (Å²) < 4.78 is 52.4. The zero-order chi connectivity index (χ0) is 20.5. The highest BCUT2D eigenvalue weighted by Gasteiger charge is 2.38. The number of fused-ring (bicyclic) bond motifs is 1. The fourth-order valence-corrected chi connectivity index (χ4v) is 3.09. The van der Waals surface area contributed by atoms with Gasteiger partial charge in [0, 0.05) is 12.1 Å². The largest absolute Gasteiger partial charge is 0.497 e. The third-order valence-electron chi connectivity index (χ3n) is 4.31. The number of halogens is 3. The number of hydrogen-bond donors (Lipinski definition) is 0. The molecule has 0 unspecified atom stereocenters. The van der Waals surface area contributed by atoms with E-state index in [1.165, 1.54) is 23.6 Å². The summed E-state index contributed by atoms with van der Waals surface area (Å²) in [5, 5.41) is 0. The van der Waals surface area contributed by atoms with Crippen molar-refractivity contribution >= 4 is 11.6 Å². The van der Waals surface area contributed by atoms with Gasteiger partial charge >= 0.3 is 12.1 Å². The molecule has 0 amide bonds. The number of ether oxygens (including phenoxy) is 2. The Morgan fingerprint density at radius 1 is 1.18 bits per heavy atom. The van der Waals surface area contributed by atoms with Gasteiger partial charge in [-0.15, -0.1) is 0 Å². The van der Waals surface area contributed by atoms with Gasteiger partial charge in [0.1, 0.15) is 11.4 Å². The predicted molar refractivity (Wildman–Crippen MR) is 96.7 cm³/mol. The maximum atomic E-state index is 13.6. The molecule has 0 saturated carbocycles. The van der Waals surface area contributed by atoms with Crippen molar-refractivity contribution in [1.29, 1.82) is 0 Å². The molecule has 3 rings (SSSR count). The van der Waals surface area contributed by atoms with Gasteiger partial charge in [0.25, 0.3) is 0 Å². The number of rotatable bonds is 5. The molecular weight excluding hydrogens is 373 g/mol. The van der Waals surface area contributed by atoms with Crippen molar-refractivity contribution in [2.75, 3.05) is 13.7 Å². The molecule has 2 aromatic heterocycles. The lowest BCUT2D eigenvalue weighted by Gasteiger charge is -2.11. The van der Waals surface area contributed by atoms with Crippen LogP contribution in [0, 0.1) is 6.92 Å². The zero-order valence-electron chi connectivity index (χ0n) is 15.6. The number of alkyl halides is 3. The highest BCUT2D eigenvalue weighted by Crippen LogP contribution is 2.34. The number of imidazole rings is 1. The molecule has 0 aliphatic carbocycles. The van der Waals surface area contributed by atoms with E-state index in [-0.39, 0.29) is 29.9 Å². The van der Waals surface area contributed by atoms with Crippen LogP contribution in [0.25, 0.3) is 5.65 Å². The van der Waals surface area contributed by atoms with Crippen molar-refractivity contribution in [3.63, 3.8) is 0 Å². The third-order valence-corrected chi connectivity index (χ3v) is 4.31. The first kappa shape index (κ1) is 19.7. The summed E-state index contributed by atoms with van der Waals surface area (Å²) >= 11 is 0. The van der Waals surface area contributed by atoms with Gasteiger partial charge in [-0.05, 0) is 43.7 Å². The lowest BCUT2D eigenvalue weighted by molar-refractivity contribution is -0.141. The van der Waals surface area contributed by atoms with Gasteiger partial charge in [-0.25, -0.2) is 9.78 Å². The Bertz CT molecular complexity index is 1010. The average molecular weight is 392 g/mol. The Kier molecular flexibility index (Phi) is 5.31. The summed E-state index contributed by atoms with van der Waals surface area (Å²) in [5.41, 5.74) is 0.419. The Labute approximate surface area is 159 Å². The fourth-order valence-electron chi connectivity index (χ4n) is 3.09. The summed E-state index contributed by atoms with van der Waals surface area (Å²) in [6.45, 7) is 3.47. The molecule has 28 heavy (non-hydrogen) atoms. The van der Waals surface area contributed by atoms with Gasteiger partial charge in [0.05, 0.1) is 25.0 Å². The Balaban J connectivity index is 2.14. The molecule has 148 valence electrons. The zero-order valence-corrected chi connectivity index (χ0v) is 15.6. The molecule has 0 saturated heterocycles. The number of benzene rings is 1. The van der Waals surface area contributed by atoms with Crippen molar-refractivity contribution < 1.29 is 27.4 Å². The molecule has 5 nitrogen and oxygen atoms in total. The second-order valence-corrected chi connectivity index (χ2v) is 6.23. The summed E-state index contributed by atoms with van der Waals surface area (Å²) in [5.74, 6) is 0.0227. The molecule has 0 aliphatic heterocycles. The van der Waals surface area contributed by atoms with Crippen molar-refractivity contribution in [2.24, 2.45) is 0 Å². The van der Waals surface area contributed by atoms with Gasteiger partial charge in [-0.2, -0.15) is 13.2 Å². The minimum atomic E-state index is -4.62. The van der Waals surface area contributed by atoms with Crippen LogP contribution < -0.4 is 4.74 Å². The predicted octanol–water partition coefficient (Wildman–Crippen LogP) is 4.44. The molecule has 3 aromatic rings. The van der Waals surface area contributed by atoms with Crippen molar-refractivity contribution in [3.05, 3.63) is 64.6 Å². The Morgan fingerprint density at radius 2 is 1.86 bits per heavy atom. The minimum absolute atomic E-state index is 0.0144. The van der Waals surface area contributed by atoms with Crippen LogP contribution in [-0.4, -0.2) is 29.1 Å². The normalized spacial score (nSPS) is 11.6. The van der Waals surface area contributed by atoms with E-state index in [2.05, 4.69) is 4.98 Å². The van der Waals surface area contributed by atoms with Crippen molar-refractivity contribution in [3.8, 4) is 5.75 Å². The van der Waals surface area contributed by atoms with E-state index >= 15 is 0 Å². The number of aromatic nitrogens is 2. The van der Waals surface area contributed by atoms with Crippen LogP contribution in [0.3, 0.4) is 0 Å². The molecule has 0 aliphatic rings. The van der Waals surface area contributed by atoms with Crippen LogP contribution in [-0.2, 0) is 17.3 Å². The number of methoxy groups -OCH3 is 1. The number of carbonyl (C=O) groups excluding carboxylic acids is 1. The topological polar surface area (TPSA) is 52.8 Å². The molecule has 0 bridgehead atoms. The first-order valence-corrected chi connectivity index (χ1v) is 8.63. The number of nitrogens with zero attached hydrogens (tertiary/aromatic N) is 2. The van der Waals surface area contributed by atoms with E-state index in [9.17, 15) is 18.0 Å². The summed E-state index contributed by atoms with van der Waals surface area (Å²) in [6.07, 6.45) is -4.59. The van der Waals surface area contributed by atoms with Crippen molar-refractivity contribution in [2.45, 2.75) is 26.4 Å². The van der Waals surface area contributed by atoms with Gasteiger partial charge in [-0.1, -0.05) is 12.1 Å². The smallest absolute Gasteiger partial charge is 0.435 e. The Hall–Kier alpha value is -3.03. The third kappa shape index (κ3) is 3.81. The second kappa shape index (κ2) is 7.53. The van der Waals surface area contributed by atoms with Crippen LogP contribution in [0.15, 0.2) is 36.4 Å². The van der Waals surface area contributed by atoms with Crippen LogP contribution in [0.1, 0.15) is 39.9 Å². The lowest BCUT2D eigenvalue weighted by Crippen LogP contribution is -2.11. The van der Waals surface area contributed by atoms with Gasteiger partial charge < -0.3 is 13.9 Å². The van der Waals surface area contributed by atoms with E-state index < -0.39 is 17.8 Å². The standard InChI is InChI=1S/C20H19F3N2O3/c1-4-28-19(26)14-9-12(2)25-16(10-13-5-7-15(27-3)8-6-13)18(20(21,22)23)24-17(25)11-14/h5-9,11H,4,10H2,1-3H3. The van der Waals surface area contributed by atoms with E-state index in [1.807, 2.05) is 0 Å². The maximum absolute atomic E-state index is 13.6. The molecule has 1 aromatic carbocycles. The summed E-state index contributed by atoms with van der Waals surface area (Å²) in [4.78, 5) is 15.8. The van der Waals surface area contributed by atoms with Gasteiger partial charge in [0.15, 0.2) is 5.69 Å². The molecule has 0 spiro atoms. The first-order valence-electron chi connectivity index (χ1n) is 8.63. The number of pyridine rings is 1. The molecular formula is C20H19F3N2O3. The Morgan fingerprint density at radius 3 is 2.43 bits per heavy atom. The highest BCUT2D eigenvalue weighted by molar-refractivity contribution is 5.90. The number of carbonyl (C=O) groups is 1. The van der Waals surface area contributed by atoms with Gasteiger partial charge in [0.2, 0.25) is 0 Å². The fraction of sp³-hybridized carbons (Fsp3) is 0.300. The highest BCUT2D eigenvalue weighted by atomic mass is 19.4. The van der Waals surface area contributed by atoms with Gasteiger partial charge in [-0.3, -0.25) is 0 Å². The second-order valence-electron chi connectivity index (χ2n) is 6.23. The van der Waals surface area contributed by atoms with E-state index in [4.69, 9.17) is 9.47 Å². The molecule has 0 N–H and O–H groups in total. The number of hydrogen-bond acceptors (Lipinski definition) is 4. The lowest BCUT2D eigenvalue weighted by atomic mass is 10.1. The summed E-state index contributed by atoms with van der Waals surface area (Å²) in [6, 6.07) is 9.62. The van der Waals surface area contributed by atoms with E-state index in [0.717, 1.165) is 0 Å². The summed E-state index contributed by atoms with van der Waals surface area (Å²) in [7, 11) is 1.52. The maximum Gasteiger partial charge on any atom is 0.435 e. The SMILES string of the molecule is CCOC(=O)c1cc(C)n2c(Cc3ccc(OC)cc3)c(C(F)(F)F)nc2c1. The van der Waals surface area contributed by atoms with E-state index in [1.54, 1.807) is 38.1 Å². The molecule has 0 radical (unpaired) electrons. The van der Waals surface area contributed by atoms with Crippen molar-refractivity contribution in [1.82, 2.24) is 9.38 Å². The van der Waals surface area contributed by atoms with Crippen LogP contribution in [0.4, 0.5) is 13.2 Å². The van der Waals surface area contributed by atoms with E-state index in [0.29, 0.717) is 17.0 Å². The molecule has 0 atom stereocenters. The van der Waals surface area contributed by atoms with Crippen LogP contribution >= 0.6 is 0 Å². The quantitative estimate of drug-likeness (QED) is 0.603. The average Bonchev–Trinajstić information content (AvgIpc) is 3.02. The minimum Gasteiger partial charge on any atom is -0.497 e. The molecule has 8 heteroatoms. The molecule has 2 heterocycles. The van der Waals surface area contributed by atoms with Crippen LogP contribution in [0.2, 0.25) is 0 Å². The van der Waals surface area contributed by atoms with Crippen LogP contribution in [0.5, 0.6) is 5.75 Å². The first-order chi connectivity index (χ1) is 13.2. The monoisotopic (exact) mass is 392 g/mol. The molecule has 0 fully saturated rings. The number of aryl methyl sites for hydroxylation is 1. The number of esters is 1.